The van der Waals surface area contributed by atoms with Crippen molar-refractivity contribution in [1.82, 2.24) is 0 Å². The maximum absolute atomic E-state index is 12.2. The summed E-state index contributed by atoms with van der Waals surface area (Å²) >= 11 is 0. The minimum Gasteiger partial charge on any atom is -0.491 e. The fourth-order valence-electron chi connectivity index (χ4n) is 2.45. The first-order valence-corrected chi connectivity index (χ1v) is 8.38. The zero-order valence-electron chi connectivity index (χ0n) is 14.7. The summed E-state index contributed by atoms with van der Waals surface area (Å²) in [6.07, 6.45) is 2.01. The van der Waals surface area contributed by atoms with Gasteiger partial charge in [0.2, 0.25) is 5.91 Å². The van der Waals surface area contributed by atoms with Gasteiger partial charge in [0.15, 0.2) is 0 Å². The molecule has 0 aliphatic carbocycles. The first kappa shape index (κ1) is 17.9. The fourth-order valence-corrected chi connectivity index (χ4v) is 2.45. The second kappa shape index (κ2) is 8.39. The van der Waals surface area contributed by atoms with Gasteiger partial charge in [0.1, 0.15) is 5.75 Å². The van der Waals surface area contributed by atoms with E-state index in [9.17, 15) is 4.79 Å². The van der Waals surface area contributed by atoms with Crippen molar-refractivity contribution < 1.29 is 9.53 Å². The number of anilines is 2. The van der Waals surface area contributed by atoms with Crippen LogP contribution in [0.1, 0.15) is 36.5 Å². The van der Waals surface area contributed by atoms with E-state index < -0.39 is 0 Å². The van der Waals surface area contributed by atoms with Gasteiger partial charge in [-0.05, 0) is 61.6 Å². The van der Waals surface area contributed by atoms with Gasteiger partial charge in [0.05, 0.1) is 12.3 Å². The van der Waals surface area contributed by atoms with Crippen LogP contribution in [0.4, 0.5) is 11.4 Å². The first-order valence-electron chi connectivity index (χ1n) is 8.38. The molecule has 2 aromatic rings. The zero-order valence-corrected chi connectivity index (χ0v) is 14.7. The number of benzene rings is 2. The SMILES string of the molecule is CCCOc1ccc(CCC(=O)Nc2cccc(C)c2C)cc1N. The molecule has 2 rings (SSSR count). The summed E-state index contributed by atoms with van der Waals surface area (Å²) in [6, 6.07) is 11.6. The lowest BCUT2D eigenvalue weighted by molar-refractivity contribution is -0.116. The molecule has 4 heteroatoms. The second-order valence-corrected chi connectivity index (χ2v) is 6.02. The number of hydrogen-bond donors (Lipinski definition) is 2. The van der Waals surface area contributed by atoms with E-state index in [4.69, 9.17) is 10.5 Å². The number of carbonyl (C=O) groups is 1. The van der Waals surface area contributed by atoms with Crippen LogP contribution in [0.2, 0.25) is 0 Å². The maximum Gasteiger partial charge on any atom is 0.224 e. The highest BCUT2D eigenvalue weighted by atomic mass is 16.5. The lowest BCUT2D eigenvalue weighted by Gasteiger charge is -2.11. The molecule has 0 fully saturated rings. The third kappa shape index (κ3) is 4.75. The normalized spacial score (nSPS) is 10.5. The Balaban J connectivity index is 1.92. The number of nitrogens with two attached hydrogens (primary N) is 1. The summed E-state index contributed by atoms with van der Waals surface area (Å²) in [5.41, 5.74) is 10.8. The van der Waals surface area contributed by atoms with Crippen LogP contribution in [0.15, 0.2) is 36.4 Å². The van der Waals surface area contributed by atoms with Crippen molar-refractivity contribution in [3.8, 4) is 5.75 Å². The smallest absolute Gasteiger partial charge is 0.224 e. The molecule has 0 spiro atoms. The van der Waals surface area contributed by atoms with Crippen molar-refractivity contribution in [3.63, 3.8) is 0 Å². The Hall–Kier alpha value is -2.49. The van der Waals surface area contributed by atoms with E-state index in [1.807, 2.05) is 50.2 Å². The predicted molar refractivity (Wildman–Crippen MR) is 99.5 cm³/mol. The lowest BCUT2D eigenvalue weighted by atomic mass is 10.1. The van der Waals surface area contributed by atoms with Crippen LogP contribution in [0.3, 0.4) is 0 Å². The molecule has 128 valence electrons. The third-order valence-electron chi connectivity index (χ3n) is 4.06. The molecule has 0 saturated carbocycles. The number of nitrogen functional groups attached to an aromatic ring is 1. The molecule has 0 aliphatic rings. The van der Waals surface area contributed by atoms with E-state index in [0.29, 0.717) is 30.9 Å². The van der Waals surface area contributed by atoms with Crippen molar-refractivity contribution >= 4 is 17.3 Å². The van der Waals surface area contributed by atoms with Gasteiger partial charge in [-0.2, -0.15) is 0 Å². The fraction of sp³-hybridized carbons (Fsp3) is 0.350. The Labute approximate surface area is 144 Å². The third-order valence-corrected chi connectivity index (χ3v) is 4.06. The van der Waals surface area contributed by atoms with Gasteiger partial charge < -0.3 is 15.8 Å². The topological polar surface area (TPSA) is 64.3 Å². The number of ether oxygens (including phenoxy) is 1. The van der Waals surface area contributed by atoms with Gasteiger partial charge in [0, 0.05) is 12.1 Å². The minimum absolute atomic E-state index is 0.00795. The number of rotatable bonds is 7. The Kier molecular flexibility index (Phi) is 6.24. The van der Waals surface area contributed by atoms with Gasteiger partial charge in [-0.25, -0.2) is 0 Å². The highest BCUT2D eigenvalue weighted by Crippen LogP contribution is 2.23. The first-order chi connectivity index (χ1) is 11.5. The lowest BCUT2D eigenvalue weighted by Crippen LogP contribution is -2.13. The van der Waals surface area contributed by atoms with Gasteiger partial charge in [-0.15, -0.1) is 0 Å². The van der Waals surface area contributed by atoms with Crippen molar-refractivity contribution in [1.29, 1.82) is 0 Å². The van der Waals surface area contributed by atoms with E-state index in [-0.39, 0.29) is 5.91 Å². The standard InChI is InChI=1S/C20H26N2O2/c1-4-12-24-19-10-8-16(13-17(19)21)9-11-20(23)22-18-7-5-6-14(2)15(18)3/h5-8,10,13H,4,9,11-12,21H2,1-3H3,(H,22,23). The molecule has 3 N–H and O–H groups in total. The Bertz CT molecular complexity index is 711. The summed E-state index contributed by atoms with van der Waals surface area (Å²) in [5, 5.41) is 2.98. The number of carbonyl (C=O) groups excluding carboxylic acids is 1. The van der Waals surface area contributed by atoms with Gasteiger partial charge >= 0.3 is 0 Å². The van der Waals surface area contributed by atoms with E-state index in [0.717, 1.165) is 23.2 Å². The van der Waals surface area contributed by atoms with Crippen LogP contribution in [0.5, 0.6) is 5.75 Å². The minimum atomic E-state index is 0.00795. The number of hydrogen-bond acceptors (Lipinski definition) is 3. The molecular weight excluding hydrogens is 300 g/mol. The van der Waals surface area contributed by atoms with Gasteiger partial charge in [-0.1, -0.05) is 25.1 Å². The van der Waals surface area contributed by atoms with Crippen molar-refractivity contribution in [3.05, 3.63) is 53.1 Å². The molecule has 0 radical (unpaired) electrons. The van der Waals surface area contributed by atoms with Crippen molar-refractivity contribution in [2.75, 3.05) is 17.7 Å². The number of nitrogens with one attached hydrogen (secondary N) is 1. The molecule has 0 bridgehead atoms. The Morgan fingerprint density at radius 3 is 2.71 bits per heavy atom. The van der Waals surface area contributed by atoms with E-state index in [1.165, 1.54) is 5.56 Å². The van der Waals surface area contributed by atoms with Crippen LogP contribution >= 0.6 is 0 Å². The van der Waals surface area contributed by atoms with Crippen LogP contribution < -0.4 is 15.8 Å². The van der Waals surface area contributed by atoms with Crippen LogP contribution in [0, 0.1) is 13.8 Å². The number of aryl methyl sites for hydroxylation is 2. The second-order valence-electron chi connectivity index (χ2n) is 6.02. The molecule has 24 heavy (non-hydrogen) atoms. The maximum atomic E-state index is 12.2. The molecule has 0 atom stereocenters. The zero-order chi connectivity index (χ0) is 17.5. The highest BCUT2D eigenvalue weighted by molar-refractivity contribution is 5.91. The van der Waals surface area contributed by atoms with Crippen LogP contribution in [-0.2, 0) is 11.2 Å². The summed E-state index contributed by atoms with van der Waals surface area (Å²) in [4.78, 5) is 12.2. The molecule has 0 aliphatic heterocycles. The van der Waals surface area contributed by atoms with Gasteiger partial charge in [0.25, 0.3) is 0 Å². The van der Waals surface area contributed by atoms with E-state index in [1.54, 1.807) is 0 Å². The molecule has 0 aromatic heterocycles. The van der Waals surface area contributed by atoms with Crippen molar-refractivity contribution in [2.45, 2.75) is 40.0 Å². The summed E-state index contributed by atoms with van der Waals surface area (Å²) in [5.74, 6) is 0.717. The molecular formula is C20H26N2O2. The van der Waals surface area contributed by atoms with Crippen LogP contribution in [0.25, 0.3) is 0 Å². The molecule has 1 amide bonds. The molecule has 0 unspecified atom stereocenters. The van der Waals surface area contributed by atoms with Crippen molar-refractivity contribution in [2.24, 2.45) is 0 Å². The predicted octanol–water partition coefficient (Wildman–Crippen LogP) is 4.25. The largest absolute Gasteiger partial charge is 0.491 e. The molecule has 4 nitrogen and oxygen atoms in total. The van der Waals surface area contributed by atoms with E-state index >= 15 is 0 Å². The van der Waals surface area contributed by atoms with E-state index in [2.05, 4.69) is 12.2 Å². The Morgan fingerprint density at radius 2 is 2.00 bits per heavy atom. The average molecular weight is 326 g/mol. The van der Waals surface area contributed by atoms with Crippen LogP contribution in [-0.4, -0.2) is 12.5 Å². The molecule has 2 aromatic carbocycles. The summed E-state index contributed by atoms with van der Waals surface area (Å²) in [7, 11) is 0. The summed E-state index contributed by atoms with van der Waals surface area (Å²) in [6.45, 7) is 6.76. The highest BCUT2D eigenvalue weighted by Gasteiger charge is 2.08. The quantitative estimate of drug-likeness (QED) is 0.748. The monoisotopic (exact) mass is 326 g/mol. The average Bonchev–Trinajstić information content (AvgIpc) is 2.56. The van der Waals surface area contributed by atoms with Gasteiger partial charge in [-0.3, -0.25) is 4.79 Å². The Morgan fingerprint density at radius 1 is 1.21 bits per heavy atom. The molecule has 0 heterocycles. The summed E-state index contributed by atoms with van der Waals surface area (Å²) < 4.78 is 5.57. The molecule has 0 saturated heterocycles. The number of amides is 1.